The summed E-state index contributed by atoms with van der Waals surface area (Å²) in [6.07, 6.45) is -0.495. The van der Waals surface area contributed by atoms with Crippen LogP contribution in [-0.2, 0) is 46.4 Å². The third kappa shape index (κ3) is 10.9. The van der Waals surface area contributed by atoms with Crippen molar-refractivity contribution in [2.75, 3.05) is 6.54 Å². The Bertz CT molecular complexity index is 1640. The molecular formula is C30H34N6O11. The van der Waals surface area contributed by atoms with Crippen molar-refractivity contribution < 1.29 is 54.0 Å². The summed E-state index contributed by atoms with van der Waals surface area (Å²) < 4.78 is 0. The minimum atomic E-state index is -1.79. The Morgan fingerprint density at radius 1 is 0.681 bits per heavy atom. The molecule has 0 spiro atoms. The molecule has 3 aromatic rings. The van der Waals surface area contributed by atoms with Gasteiger partial charge in [0.15, 0.2) is 0 Å². The van der Waals surface area contributed by atoms with Gasteiger partial charge < -0.3 is 52.4 Å². The van der Waals surface area contributed by atoms with E-state index in [1.807, 2.05) is 0 Å². The number of para-hydroxylation sites is 1. The molecule has 0 aliphatic carbocycles. The van der Waals surface area contributed by atoms with Gasteiger partial charge in [0.2, 0.25) is 23.6 Å². The van der Waals surface area contributed by atoms with Gasteiger partial charge in [0, 0.05) is 29.9 Å². The monoisotopic (exact) mass is 654 g/mol. The molecule has 2 aromatic carbocycles. The van der Waals surface area contributed by atoms with Gasteiger partial charge in [-0.25, -0.2) is 0 Å². The highest BCUT2D eigenvalue weighted by atomic mass is 16.4. The van der Waals surface area contributed by atoms with Crippen LogP contribution >= 0.6 is 0 Å². The number of hydrogen-bond acceptors (Lipinski definition) is 9. The molecule has 1 aromatic heterocycles. The van der Waals surface area contributed by atoms with Gasteiger partial charge in [-0.3, -0.25) is 33.6 Å². The molecular weight excluding hydrogens is 620 g/mol. The fraction of sp³-hybridized carbons (Fsp3) is 0.300. The molecule has 17 nitrogen and oxygen atoms in total. The van der Waals surface area contributed by atoms with Crippen LogP contribution in [-0.4, -0.2) is 97.7 Å². The highest BCUT2D eigenvalue weighted by Crippen LogP contribution is 2.19. The van der Waals surface area contributed by atoms with Crippen molar-refractivity contribution in [2.24, 2.45) is 5.73 Å². The van der Waals surface area contributed by atoms with Gasteiger partial charge in [0.1, 0.15) is 30.4 Å². The third-order valence-electron chi connectivity index (χ3n) is 6.90. The van der Waals surface area contributed by atoms with Gasteiger partial charge >= 0.3 is 17.9 Å². The molecule has 0 radical (unpaired) electrons. The maximum atomic E-state index is 13.6. The molecule has 0 bridgehead atoms. The van der Waals surface area contributed by atoms with Gasteiger partial charge in [-0.15, -0.1) is 0 Å². The number of aromatic hydroxyl groups is 1. The van der Waals surface area contributed by atoms with Crippen LogP contribution in [0.4, 0.5) is 0 Å². The number of benzene rings is 2. The molecule has 0 fully saturated rings. The van der Waals surface area contributed by atoms with Crippen LogP contribution in [0.25, 0.3) is 10.9 Å². The van der Waals surface area contributed by atoms with Gasteiger partial charge in [-0.1, -0.05) is 30.3 Å². The normalized spacial score (nSPS) is 13.4. The number of aromatic nitrogens is 1. The number of fused-ring (bicyclic) bond motifs is 1. The van der Waals surface area contributed by atoms with Crippen LogP contribution < -0.4 is 27.0 Å². The first-order valence-corrected chi connectivity index (χ1v) is 14.2. The molecule has 4 atom stereocenters. The number of nitrogens with two attached hydrogens (primary N) is 1. The van der Waals surface area contributed by atoms with Crippen molar-refractivity contribution in [1.29, 1.82) is 0 Å². The molecule has 0 saturated heterocycles. The number of aromatic amines is 1. The Morgan fingerprint density at radius 3 is 1.89 bits per heavy atom. The molecule has 0 aliphatic rings. The van der Waals surface area contributed by atoms with E-state index in [0.29, 0.717) is 22.0 Å². The van der Waals surface area contributed by atoms with Crippen LogP contribution in [0.2, 0.25) is 0 Å². The highest BCUT2D eigenvalue weighted by molar-refractivity contribution is 5.97. The number of amides is 4. The number of rotatable bonds is 17. The predicted octanol–water partition coefficient (Wildman–Crippen LogP) is -1.41. The fourth-order valence-corrected chi connectivity index (χ4v) is 4.58. The zero-order valence-corrected chi connectivity index (χ0v) is 24.8. The van der Waals surface area contributed by atoms with E-state index < -0.39 is 85.1 Å². The lowest BCUT2D eigenvalue weighted by Gasteiger charge is -2.25. The van der Waals surface area contributed by atoms with Crippen molar-refractivity contribution in [1.82, 2.24) is 26.3 Å². The molecule has 4 unspecified atom stereocenters. The third-order valence-corrected chi connectivity index (χ3v) is 6.90. The number of carboxylic acid groups (broad SMARTS) is 3. The average molecular weight is 655 g/mol. The molecule has 4 amide bonds. The summed E-state index contributed by atoms with van der Waals surface area (Å²) in [6, 6.07) is 6.34. The van der Waals surface area contributed by atoms with Crippen molar-refractivity contribution in [3.05, 3.63) is 65.9 Å². The Balaban J connectivity index is 1.87. The number of hydrogen-bond donors (Lipinski definition) is 10. The molecule has 0 saturated carbocycles. The zero-order chi connectivity index (χ0) is 34.7. The number of aliphatic carboxylic acids is 3. The molecule has 0 aliphatic heterocycles. The second-order valence-corrected chi connectivity index (χ2v) is 10.5. The number of nitrogens with one attached hydrogen (secondary N) is 5. The SMILES string of the molecule is NC(CC(=O)O)C(=O)NC(Cc1c[nH]c2ccccc12)C(=O)NC(CC(=O)O)C(=O)NC(Cc1ccc(O)cc1)C(=O)NCC(=O)O. The average Bonchev–Trinajstić information content (AvgIpc) is 3.41. The van der Waals surface area contributed by atoms with Crippen LogP contribution in [0.15, 0.2) is 54.7 Å². The van der Waals surface area contributed by atoms with E-state index in [9.17, 15) is 43.8 Å². The molecule has 11 N–H and O–H groups in total. The summed E-state index contributed by atoms with van der Waals surface area (Å²) in [5, 5.41) is 46.9. The topological polar surface area (TPSA) is 290 Å². The lowest BCUT2D eigenvalue weighted by molar-refractivity contribution is -0.142. The Labute approximate surface area is 266 Å². The summed E-state index contributed by atoms with van der Waals surface area (Å²) in [6.45, 7) is -0.782. The standard InChI is InChI=1S/C30H34N6O11/c31-19(11-24(38)39)27(44)34-22(10-16-13-32-20-4-2-1-3-18(16)20)29(46)36-23(12-25(40)41)30(47)35-21(28(45)33-14-26(42)43)9-15-5-7-17(37)8-6-15/h1-8,13,19,21-23,32,37H,9-12,14,31H2,(H,33,45)(H,34,44)(H,35,47)(H,36,46)(H,38,39)(H,40,41)(H,42,43). The van der Waals surface area contributed by atoms with E-state index in [1.54, 1.807) is 30.5 Å². The first-order valence-electron chi connectivity index (χ1n) is 14.2. The second kappa shape index (κ2) is 16.4. The Kier molecular flexibility index (Phi) is 12.4. The van der Waals surface area contributed by atoms with Gasteiger partial charge in [-0.05, 0) is 29.3 Å². The number of carbonyl (C=O) groups is 7. The lowest BCUT2D eigenvalue weighted by Crippen LogP contribution is -2.59. The zero-order valence-electron chi connectivity index (χ0n) is 24.8. The molecule has 17 heteroatoms. The molecule has 3 rings (SSSR count). The quantitative estimate of drug-likeness (QED) is 0.0803. The largest absolute Gasteiger partial charge is 0.508 e. The van der Waals surface area contributed by atoms with Gasteiger partial charge in [-0.2, -0.15) is 0 Å². The first-order chi connectivity index (χ1) is 22.2. The van der Waals surface area contributed by atoms with Gasteiger partial charge in [0.05, 0.1) is 18.9 Å². The fourth-order valence-electron chi connectivity index (χ4n) is 4.58. The summed E-state index contributed by atoms with van der Waals surface area (Å²) in [5.41, 5.74) is 7.38. The van der Waals surface area contributed by atoms with E-state index in [0.717, 1.165) is 0 Å². The van der Waals surface area contributed by atoms with Crippen molar-refractivity contribution in [2.45, 2.75) is 49.9 Å². The van der Waals surface area contributed by atoms with Crippen LogP contribution in [0.3, 0.4) is 0 Å². The summed E-state index contributed by atoms with van der Waals surface area (Å²) in [7, 11) is 0. The molecule has 47 heavy (non-hydrogen) atoms. The minimum Gasteiger partial charge on any atom is -0.508 e. The first kappa shape index (κ1) is 35.5. The van der Waals surface area contributed by atoms with E-state index >= 15 is 0 Å². The van der Waals surface area contributed by atoms with E-state index in [4.69, 9.17) is 15.9 Å². The Morgan fingerprint density at radius 2 is 1.26 bits per heavy atom. The summed E-state index contributed by atoms with van der Waals surface area (Å²) >= 11 is 0. The number of H-pyrrole nitrogens is 1. The minimum absolute atomic E-state index is 0.0768. The summed E-state index contributed by atoms with van der Waals surface area (Å²) in [4.78, 5) is 89.3. The van der Waals surface area contributed by atoms with E-state index in [-0.39, 0.29) is 18.6 Å². The van der Waals surface area contributed by atoms with Crippen molar-refractivity contribution >= 4 is 52.4 Å². The number of carboxylic acids is 3. The number of carbonyl (C=O) groups excluding carboxylic acids is 4. The van der Waals surface area contributed by atoms with Crippen molar-refractivity contribution in [3.63, 3.8) is 0 Å². The maximum absolute atomic E-state index is 13.6. The second-order valence-electron chi connectivity index (χ2n) is 10.5. The number of phenolic OH excluding ortho intramolecular Hbond substituents is 1. The van der Waals surface area contributed by atoms with Gasteiger partial charge in [0.25, 0.3) is 0 Å². The molecule has 1 heterocycles. The number of phenols is 1. The summed E-state index contributed by atoms with van der Waals surface area (Å²) in [5.74, 6) is -8.36. The van der Waals surface area contributed by atoms with E-state index in [1.165, 1.54) is 24.3 Å². The van der Waals surface area contributed by atoms with Crippen molar-refractivity contribution in [3.8, 4) is 5.75 Å². The molecule has 250 valence electrons. The highest BCUT2D eigenvalue weighted by Gasteiger charge is 2.32. The Hall–Kier alpha value is -5.97. The maximum Gasteiger partial charge on any atom is 0.322 e. The lowest BCUT2D eigenvalue weighted by atomic mass is 10.0. The predicted molar refractivity (Wildman–Crippen MR) is 163 cm³/mol. The van der Waals surface area contributed by atoms with E-state index in [2.05, 4.69) is 26.3 Å². The van der Waals surface area contributed by atoms with Crippen LogP contribution in [0, 0.1) is 0 Å². The van der Waals surface area contributed by atoms with Crippen LogP contribution in [0.5, 0.6) is 5.75 Å². The smallest absolute Gasteiger partial charge is 0.322 e. The van der Waals surface area contributed by atoms with Crippen LogP contribution in [0.1, 0.15) is 24.0 Å².